The summed E-state index contributed by atoms with van der Waals surface area (Å²) in [6, 6.07) is 10.1. The lowest BCUT2D eigenvalue weighted by Gasteiger charge is -2.49. The van der Waals surface area contributed by atoms with Crippen LogP contribution in [0.5, 0.6) is 0 Å². The molecule has 0 aromatic heterocycles. The normalized spacial score (nSPS) is 34.5. The van der Waals surface area contributed by atoms with Gasteiger partial charge in [0.2, 0.25) is 0 Å². The molecule has 0 bridgehead atoms. The summed E-state index contributed by atoms with van der Waals surface area (Å²) in [7, 11) is -2.34. The number of hydrogen-bond donors (Lipinski definition) is 1. The van der Waals surface area contributed by atoms with E-state index in [9.17, 15) is 5.11 Å². The Bertz CT molecular complexity index is 568. The third-order valence-electron chi connectivity index (χ3n) is 5.90. The Hall–Kier alpha value is -0.723. The summed E-state index contributed by atoms with van der Waals surface area (Å²) < 4.78 is 19.1. The second-order valence-corrected chi connectivity index (χ2v) is 12.8. The van der Waals surface area contributed by atoms with Gasteiger partial charge in [0, 0.05) is 12.0 Å². The van der Waals surface area contributed by atoms with Crippen LogP contribution in [0.3, 0.4) is 0 Å². The van der Waals surface area contributed by atoms with Crippen LogP contribution >= 0.6 is 0 Å². The molecule has 25 heavy (non-hydrogen) atoms. The van der Waals surface area contributed by atoms with Crippen LogP contribution in [0, 0.1) is 5.41 Å². The number of aliphatic hydroxyl groups excluding tert-OH is 1. The lowest BCUT2D eigenvalue weighted by molar-refractivity contribution is -0.0988. The lowest BCUT2D eigenvalue weighted by Crippen LogP contribution is -2.61. The Morgan fingerprint density at radius 2 is 1.84 bits per heavy atom. The van der Waals surface area contributed by atoms with Crippen LogP contribution in [-0.4, -0.2) is 38.6 Å². The summed E-state index contributed by atoms with van der Waals surface area (Å²) in [5, 5.41) is 10.9. The number of fused-ring (bicyclic) bond motifs is 1. The maximum atomic E-state index is 10.9. The Balaban J connectivity index is 1.72. The average molecular weight is 365 g/mol. The highest BCUT2D eigenvalue weighted by Crippen LogP contribution is 2.50. The van der Waals surface area contributed by atoms with Crippen LogP contribution in [0.2, 0.25) is 11.1 Å². The third kappa shape index (κ3) is 3.45. The van der Waals surface area contributed by atoms with Gasteiger partial charge in [-0.1, -0.05) is 65.0 Å². The van der Waals surface area contributed by atoms with Crippen molar-refractivity contribution in [2.45, 2.75) is 77.0 Å². The van der Waals surface area contributed by atoms with Crippen LogP contribution in [0.1, 0.15) is 46.6 Å². The standard InChI is InChI=1S/C20H32O4Si/c1-14(2)25(15(3)4)23-13-20(5)11-17(18(21)19(20)24-25)22-12-16-9-7-6-8-10-16/h6-10,14-15,17-19,21H,11-13H2,1-5H3/t17-,18?,19?,20+/m0/s1. The molecule has 1 aromatic rings. The second-order valence-electron chi connectivity index (χ2n) is 8.54. The predicted octanol–water partition coefficient (Wildman–Crippen LogP) is 4.02. The van der Waals surface area contributed by atoms with Crippen molar-refractivity contribution in [1.82, 2.24) is 0 Å². The van der Waals surface area contributed by atoms with Gasteiger partial charge in [0.05, 0.1) is 18.8 Å². The van der Waals surface area contributed by atoms with Gasteiger partial charge < -0.3 is 18.7 Å². The SMILES string of the molecule is CC(C)[Si]1(C(C)C)OC[C@@]2(C)C[C@H](OCc3ccccc3)C(O)C2O1. The van der Waals surface area contributed by atoms with Crippen molar-refractivity contribution in [2.24, 2.45) is 5.41 Å². The molecule has 1 heterocycles. The Morgan fingerprint density at radius 3 is 2.44 bits per heavy atom. The van der Waals surface area contributed by atoms with Crippen LogP contribution in [-0.2, 0) is 20.2 Å². The van der Waals surface area contributed by atoms with Gasteiger partial charge in [-0.25, -0.2) is 0 Å². The monoisotopic (exact) mass is 364 g/mol. The topological polar surface area (TPSA) is 47.9 Å². The van der Waals surface area contributed by atoms with E-state index in [0.717, 1.165) is 12.0 Å². The zero-order valence-electron chi connectivity index (χ0n) is 16.1. The van der Waals surface area contributed by atoms with Crippen molar-refractivity contribution < 1.29 is 18.7 Å². The molecular formula is C20H32O4Si. The van der Waals surface area contributed by atoms with Crippen LogP contribution in [0.4, 0.5) is 0 Å². The maximum Gasteiger partial charge on any atom is 0.343 e. The molecule has 140 valence electrons. The molecule has 0 amide bonds. The molecule has 1 saturated heterocycles. The number of rotatable bonds is 5. The fourth-order valence-corrected chi connectivity index (χ4v) is 8.36. The van der Waals surface area contributed by atoms with E-state index in [1.165, 1.54) is 0 Å². The molecule has 1 aliphatic heterocycles. The van der Waals surface area contributed by atoms with E-state index in [1.807, 2.05) is 30.3 Å². The fourth-order valence-electron chi connectivity index (χ4n) is 4.37. The van der Waals surface area contributed by atoms with E-state index in [0.29, 0.717) is 24.3 Å². The molecule has 4 atom stereocenters. The zero-order chi connectivity index (χ0) is 18.2. The van der Waals surface area contributed by atoms with E-state index in [4.69, 9.17) is 13.6 Å². The minimum atomic E-state index is -2.34. The van der Waals surface area contributed by atoms with E-state index in [2.05, 4.69) is 34.6 Å². The molecule has 1 aromatic carbocycles. The summed E-state index contributed by atoms with van der Waals surface area (Å²) in [5.74, 6) is 0. The lowest BCUT2D eigenvalue weighted by atomic mass is 9.87. The van der Waals surface area contributed by atoms with Crippen molar-refractivity contribution in [3.05, 3.63) is 35.9 Å². The van der Waals surface area contributed by atoms with Crippen LogP contribution in [0.15, 0.2) is 30.3 Å². The first-order chi connectivity index (χ1) is 11.8. The highest BCUT2D eigenvalue weighted by molar-refractivity contribution is 6.70. The van der Waals surface area contributed by atoms with E-state index >= 15 is 0 Å². The zero-order valence-corrected chi connectivity index (χ0v) is 17.1. The molecule has 0 spiro atoms. The summed E-state index contributed by atoms with van der Waals surface area (Å²) in [4.78, 5) is 0. The van der Waals surface area contributed by atoms with Gasteiger partial charge in [-0.3, -0.25) is 0 Å². The molecule has 2 fully saturated rings. The summed E-state index contributed by atoms with van der Waals surface area (Å²) in [6.07, 6.45) is -0.227. The van der Waals surface area contributed by atoms with Crippen LogP contribution < -0.4 is 0 Å². The van der Waals surface area contributed by atoms with E-state index in [-0.39, 0.29) is 17.6 Å². The van der Waals surface area contributed by atoms with Crippen molar-refractivity contribution in [1.29, 1.82) is 0 Å². The number of ether oxygens (including phenoxy) is 1. The first-order valence-corrected chi connectivity index (χ1v) is 11.4. The maximum absolute atomic E-state index is 10.9. The summed E-state index contributed by atoms with van der Waals surface area (Å²) in [6.45, 7) is 12.1. The largest absolute Gasteiger partial charge is 0.393 e. The molecular weight excluding hydrogens is 332 g/mol. The molecule has 3 rings (SSSR count). The number of benzene rings is 1. The van der Waals surface area contributed by atoms with Gasteiger partial charge in [-0.2, -0.15) is 0 Å². The van der Waals surface area contributed by atoms with E-state index in [1.54, 1.807) is 0 Å². The van der Waals surface area contributed by atoms with Crippen molar-refractivity contribution >= 4 is 8.56 Å². The highest BCUT2D eigenvalue weighted by atomic mass is 28.4. The fraction of sp³-hybridized carbons (Fsp3) is 0.700. The first kappa shape index (κ1) is 19.0. The van der Waals surface area contributed by atoms with Gasteiger partial charge in [0.25, 0.3) is 0 Å². The first-order valence-electron chi connectivity index (χ1n) is 9.44. The Labute approximate surface area is 152 Å². The molecule has 0 radical (unpaired) electrons. The van der Waals surface area contributed by atoms with Gasteiger partial charge in [-0.15, -0.1) is 0 Å². The molecule has 5 heteroatoms. The quantitative estimate of drug-likeness (QED) is 0.802. The third-order valence-corrected chi connectivity index (χ3v) is 10.3. The summed E-state index contributed by atoms with van der Waals surface area (Å²) >= 11 is 0. The Morgan fingerprint density at radius 1 is 1.20 bits per heavy atom. The van der Waals surface area contributed by atoms with E-state index < -0.39 is 14.7 Å². The molecule has 1 aliphatic carbocycles. The number of aliphatic hydroxyl groups is 1. The van der Waals surface area contributed by atoms with Gasteiger partial charge in [-0.05, 0) is 23.1 Å². The van der Waals surface area contributed by atoms with Gasteiger partial charge in [0.1, 0.15) is 6.10 Å². The predicted molar refractivity (Wildman–Crippen MR) is 101 cm³/mol. The van der Waals surface area contributed by atoms with Gasteiger partial charge >= 0.3 is 8.56 Å². The summed E-state index contributed by atoms with van der Waals surface area (Å²) in [5.41, 5.74) is 1.66. The highest BCUT2D eigenvalue weighted by Gasteiger charge is 2.61. The number of hydrogen-bond acceptors (Lipinski definition) is 4. The van der Waals surface area contributed by atoms with Crippen molar-refractivity contribution in [2.75, 3.05) is 6.61 Å². The second kappa shape index (κ2) is 7.12. The molecule has 1 N–H and O–H groups in total. The van der Waals surface area contributed by atoms with Crippen molar-refractivity contribution in [3.63, 3.8) is 0 Å². The minimum Gasteiger partial charge on any atom is -0.393 e. The van der Waals surface area contributed by atoms with Gasteiger partial charge in [0.15, 0.2) is 0 Å². The molecule has 4 nitrogen and oxygen atoms in total. The molecule has 2 unspecified atom stereocenters. The van der Waals surface area contributed by atoms with Crippen LogP contribution in [0.25, 0.3) is 0 Å². The Kier molecular flexibility index (Phi) is 5.43. The minimum absolute atomic E-state index is 0.180. The average Bonchev–Trinajstić information content (AvgIpc) is 2.83. The molecule has 2 aliphatic rings. The smallest absolute Gasteiger partial charge is 0.343 e. The van der Waals surface area contributed by atoms with Crippen molar-refractivity contribution in [3.8, 4) is 0 Å². The molecule has 1 saturated carbocycles.